The minimum atomic E-state index is 0.492. The monoisotopic (exact) mass is 379 g/mol. The van der Waals surface area contributed by atoms with E-state index in [1.165, 1.54) is 0 Å². The van der Waals surface area contributed by atoms with Gasteiger partial charge in [0.15, 0.2) is 11.5 Å². The molecular formula is C19H14ClN5S. The van der Waals surface area contributed by atoms with Crippen LogP contribution in [0.4, 0.5) is 11.5 Å². The molecule has 2 heterocycles. The zero-order valence-electron chi connectivity index (χ0n) is 13.8. The highest BCUT2D eigenvalue weighted by molar-refractivity contribution is 7.98. The number of H-pyrrole nitrogens is 1. The number of hydrogen-bond donors (Lipinski definition) is 2. The molecule has 0 saturated carbocycles. The van der Waals surface area contributed by atoms with Crippen LogP contribution in [0.5, 0.6) is 0 Å². The Labute approximate surface area is 159 Å². The van der Waals surface area contributed by atoms with E-state index in [0.29, 0.717) is 16.2 Å². The van der Waals surface area contributed by atoms with Crippen molar-refractivity contribution in [2.24, 2.45) is 0 Å². The van der Waals surface area contributed by atoms with Crippen LogP contribution >= 0.6 is 23.4 Å². The topological polar surface area (TPSA) is 68.9 Å². The van der Waals surface area contributed by atoms with Gasteiger partial charge in [0.05, 0.1) is 0 Å². The molecule has 7 heteroatoms. The maximum atomic E-state index is 9.33. The van der Waals surface area contributed by atoms with Crippen molar-refractivity contribution in [1.82, 2.24) is 14.6 Å². The number of hydrogen-bond acceptors (Lipinski definition) is 4. The molecule has 0 radical (unpaired) electrons. The third kappa shape index (κ3) is 2.92. The predicted octanol–water partition coefficient (Wildman–Crippen LogP) is 5.32. The van der Waals surface area contributed by atoms with Gasteiger partial charge >= 0.3 is 0 Å². The van der Waals surface area contributed by atoms with Gasteiger partial charge in [-0.25, -0.2) is 9.50 Å². The van der Waals surface area contributed by atoms with Crippen LogP contribution in [0, 0.1) is 11.3 Å². The maximum Gasteiger partial charge on any atom is 0.173 e. The Balaban J connectivity index is 1.88. The van der Waals surface area contributed by atoms with Crippen molar-refractivity contribution >= 4 is 40.5 Å². The largest absolute Gasteiger partial charge is 0.338 e. The smallest absolute Gasteiger partial charge is 0.173 e. The van der Waals surface area contributed by atoms with Gasteiger partial charge in [0.2, 0.25) is 0 Å². The fourth-order valence-electron chi connectivity index (χ4n) is 2.76. The van der Waals surface area contributed by atoms with Crippen LogP contribution in [0.1, 0.15) is 5.56 Å². The third-order valence-electron chi connectivity index (χ3n) is 4.03. The van der Waals surface area contributed by atoms with Gasteiger partial charge in [-0.15, -0.1) is 11.8 Å². The van der Waals surface area contributed by atoms with Crippen LogP contribution in [-0.4, -0.2) is 20.9 Å². The standard InChI is InChI=1S/C19H14ClN5S/c1-26-16-4-2-3-15(9-16)23-19-17(12-5-7-14(20)8-6-12)24-18-13(10-21)11-22-25(18)19/h2-9,11,22-23H,1H3. The zero-order valence-corrected chi connectivity index (χ0v) is 15.4. The average Bonchev–Trinajstić information content (AvgIpc) is 3.22. The second kappa shape index (κ2) is 6.79. The van der Waals surface area contributed by atoms with E-state index in [1.54, 1.807) is 22.5 Å². The SMILES string of the molecule is CSc1cccc(Nc2c(-c3ccc(Cl)cc3)nc3c(C#N)c[nH]n23)c1. The molecule has 0 fully saturated rings. The molecular weight excluding hydrogens is 366 g/mol. The first-order chi connectivity index (χ1) is 12.7. The van der Waals surface area contributed by atoms with Gasteiger partial charge in [0.1, 0.15) is 17.3 Å². The number of imidazole rings is 1. The summed E-state index contributed by atoms with van der Waals surface area (Å²) < 4.78 is 1.79. The lowest BCUT2D eigenvalue weighted by atomic mass is 10.1. The second-order valence-electron chi connectivity index (χ2n) is 5.63. The molecule has 0 atom stereocenters. The summed E-state index contributed by atoms with van der Waals surface area (Å²) in [4.78, 5) is 5.84. The molecule has 0 aliphatic rings. The number of aromatic amines is 1. The van der Waals surface area contributed by atoms with Crippen molar-refractivity contribution in [2.45, 2.75) is 4.90 Å². The van der Waals surface area contributed by atoms with E-state index in [-0.39, 0.29) is 0 Å². The van der Waals surface area contributed by atoms with E-state index in [0.717, 1.165) is 27.7 Å². The van der Waals surface area contributed by atoms with Crippen LogP contribution < -0.4 is 5.32 Å². The van der Waals surface area contributed by atoms with Gasteiger partial charge < -0.3 is 5.32 Å². The Hall–Kier alpha value is -2.88. The van der Waals surface area contributed by atoms with E-state index < -0.39 is 0 Å². The number of fused-ring (bicyclic) bond motifs is 1. The lowest BCUT2D eigenvalue weighted by Crippen LogP contribution is -1.97. The molecule has 0 aliphatic heterocycles. The van der Waals surface area contributed by atoms with E-state index in [2.05, 4.69) is 33.6 Å². The van der Waals surface area contributed by atoms with Crippen molar-refractivity contribution < 1.29 is 0 Å². The first-order valence-corrected chi connectivity index (χ1v) is 9.47. The Morgan fingerprint density at radius 3 is 2.77 bits per heavy atom. The number of nitrogens with zero attached hydrogens (tertiary/aromatic N) is 3. The maximum absolute atomic E-state index is 9.33. The zero-order chi connectivity index (χ0) is 18.1. The number of nitriles is 1. The molecule has 2 aromatic heterocycles. The molecule has 128 valence electrons. The summed E-state index contributed by atoms with van der Waals surface area (Å²) in [5.41, 5.74) is 3.69. The van der Waals surface area contributed by atoms with E-state index in [4.69, 9.17) is 11.6 Å². The van der Waals surface area contributed by atoms with Gasteiger partial charge in [-0.2, -0.15) is 5.26 Å². The summed E-state index contributed by atoms with van der Waals surface area (Å²) in [6.45, 7) is 0. The fourth-order valence-corrected chi connectivity index (χ4v) is 3.35. The summed E-state index contributed by atoms with van der Waals surface area (Å²) in [6, 6.07) is 17.8. The van der Waals surface area contributed by atoms with Crippen molar-refractivity contribution in [3.63, 3.8) is 0 Å². The highest BCUT2D eigenvalue weighted by Crippen LogP contribution is 2.33. The number of aromatic nitrogens is 3. The van der Waals surface area contributed by atoms with Gasteiger partial charge in [-0.05, 0) is 36.6 Å². The van der Waals surface area contributed by atoms with Crippen LogP contribution in [0.25, 0.3) is 16.9 Å². The van der Waals surface area contributed by atoms with E-state index in [9.17, 15) is 5.26 Å². The van der Waals surface area contributed by atoms with Crippen LogP contribution in [0.3, 0.4) is 0 Å². The van der Waals surface area contributed by atoms with Crippen LogP contribution in [0.2, 0.25) is 5.02 Å². The molecule has 4 rings (SSSR count). The van der Waals surface area contributed by atoms with Crippen LogP contribution in [-0.2, 0) is 0 Å². The molecule has 2 aromatic carbocycles. The molecule has 0 saturated heterocycles. The first kappa shape index (κ1) is 16.6. The highest BCUT2D eigenvalue weighted by atomic mass is 35.5. The third-order valence-corrected chi connectivity index (χ3v) is 5.00. The number of anilines is 2. The van der Waals surface area contributed by atoms with Crippen molar-refractivity contribution in [2.75, 3.05) is 11.6 Å². The second-order valence-corrected chi connectivity index (χ2v) is 6.95. The molecule has 0 spiro atoms. The van der Waals surface area contributed by atoms with Crippen LogP contribution in [0.15, 0.2) is 59.6 Å². The van der Waals surface area contributed by atoms with Gasteiger partial charge in [0.25, 0.3) is 0 Å². The average molecular weight is 380 g/mol. The van der Waals surface area contributed by atoms with Gasteiger partial charge in [0, 0.05) is 27.4 Å². The molecule has 0 aliphatic carbocycles. The van der Waals surface area contributed by atoms with E-state index in [1.807, 2.05) is 42.7 Å². The van der Waals surface area contributed by atoms with Gasteiger partial charge in [-0.1, -0.05) is 29.8 Å². The minimum absolute atomic E-state index is 0.492. The number of rotatable bonds is 4. The highest BCUT2D eigenvalue weighted by Gasteiger charge is 2.18. The number of nitrogens with one attached hydrogen (secondary N) is 2. The normalized spacial score (nSPS) is 10.8. The first-order valence-electron chi connectivity index (χ1n) is 7.86. The number of benzene rings is 2. The molecule has 0 unspecified atom stereocenters. The van der Waals surface area contributed by atoms with Crippen molar-refractivity contribution in [3.05, 3.63) is 65.3 Å². The van der Waals surface area contributed by atoms with Crippen molar-refractivity contribution in [1.29, 1.82) is 5.26 Å². The number of thioether (sulfide) groups is 1. The molecule has 0 bridgehead atoms. The summed E-state index contributed by atoms with van der Waals surface area (Å²) in [5.74, 6) is 0.766. The Morgan fingerprint density at radius 2 is 2.04 bits per heavy atom. The predicted molar refractivity (Wildman–Crippen MR) is 106 cm³/mol. The molecule has 26 heavy (non-hydrogen) atoms. The van der Waals surface area contributed by atoms with Gasteiger partial charge in [-0.3, -0.25) is 5.10 Å². The summed E-state index contributed by atoms with van der Waals surface area (Å²) in [6.07, 6.45) is 3.69. The Morgan fingerprint density at radius 1 is 1.23 bits per heavy atom. The lowest BCUT2D eigenvalue weighted by molar-refractivity contribution is 0.980. The summed E-state index contributed by atoms with van der Waals surface area (Å²) >= 11 is 7.70. The Kier molecular flexibility index (Phi) is 4.33. The summed E-state index contributed by atoms with van der Waals surface area (Å²) in [5, 5.41) is 16.5. The Bertz CT molecular complexity index is 1120. The molecule has 2 N–H and O–H groups in total. The number of halogens is 1. The molecule has 5 nitrogen and oxygen atoms in total. The fraction of sp³-hybridized carbons (Fsp3) is 0.0526. The lowest BCUT2D eigenvalue weighted by Gasteiger charge is -2.09. The minimum Gasteiger partial charge on any atom is -0.338 e. The molecule has 0 amide bonds. The quantitative estimate of drug-likeness (QED) is 0.471. The molecule has 4 aromatic rings. The van der Waals surface area contributed by atoms with Crippen molar-refractivity contribution in [3.8, 4) is 17.3 Å². The van der Waals surface area contributed by atoms with E-state index >= 15 is 0 Å². The summed E-state index contributed by atoms with van der Waals surface area (Å²) in [7, 11) is 0.